The van der Waals surface area contributed by atoms with Gasteiger partial charge in [-0.15, -0.1) is 0 Å². The number of amides is 4. The van der Waals surface area contributed by atoms with Gasteiger partial charge < -0.3 is 97.6 Å². The molecule has 0 saturated heterocycles. The third-order valence-corrected chi connectivity index (χ3v) is 12.2. The summed E-state index contributed by atoms with van der Waals surface area (Å²) in [7, 11) is 5.91. The number of methoxy groups -OCH3 is 4. The summed E-state index contributed by atoms with van der Waals surface area (Å²) < 4.78 is 20.4. The third-order valence-electron chi connectivity index (χ3n) is 12.2. The van der Waals surface area contributed by atoms with Crippen LogP contribution in [-0.2, 0) is 19.2 Å². The van der Waals surface area contributed by atoms with E-state index in [1.54, 1.807) is 66.7 Å². The molecule has 0 bridgehead atoms. The van der Waals surface area contributed by atoms with E-state index in [1.807, 2.05) is 0 Å². The lowest BCUT2D eigenvalue weighted by atomic mass is 10.1. The van der Waals surface area contributed by atoms with Gasteiger partial charge in [-0.25, -0.2) is 0 Å². The van der Waals surface area contributed by atoms with Crippen LogP contribution in [0.15, 0.2) is 82.8 Å². The van der Waals surface area contributed by atoms with Crippen molar-refractivity contribution in [3.8, 4) is 23.0 Å². The smallest absolute Gasteiger partial charge is 0.255 e. The molecule has 0 aliphatic heterocycles. The third kappa shape index (κ3) is 27.9. The van der Waals surface area contributed by atoms with E-state index in [0.717, 1.165) is 12.8 Å². The number of aliphatic imine (C=N–C) groups is 2. The highest BCUT2D eigenvalue weighted by molar-refractivity contribution is 6.03. The zero-order chi connectivity index (χ0) is 65.1. The first-order valence-electron chi connectivity index (χ1n) is 27.2. The lowest BCUT2D eigenvalue weighted by Gasteiger charge is -2.16. The van der Waals surface area contributed by atoms with Crippen molar-refractivity contribution in [3.63, 3.8) is 0 Å². The number of ether oxygens (including phenoxy) is 4. The van der Waals surface area contributed by atoms with E-state index in [4.69, 9.17) is 76.3 Å². The first-order chi connectivity index (χ1) is 40.7. The predicted octanol–water partition coefficient (Wildman–Crippen LogP) is 2.04. The number of rotatable bonds is 30. The van der Waals surface area contributed by atoms with E-state index in [2.05, 4.69) is 31.3 Å². The zero-order valence-corrected chi connectivity index (χ0v) is 50.3. The average molecular weight is 1200 g/mol. The number of benzene rings is 4. The molecule has 0 heterocycles. The largest absolute Gasteiger partial charge is 0.496 e. The van der Waals surface area contributed by atoms with Crippen LogP contribution in [0.2, 0.25) is 0 Å². The van der Waals surface area contributed by atoms with Crippen molar-refractivity contribution in [3.05, 3.63) is 95.1 Å². The summed E-state index contributed by atoms with van der Waals surface area (Å²) in [4.78, 5) is 102. The molecule has 4 aromatic carbocycles. The molecular formula is C58H88N16O12. The van der Waals surface area contributed by atoms with Crippen LogP contribution in [0.25, 0.3) is 0 Å². The Morgan fingerprint density at radius 3 is 1.15 bits per heavy atom. The molecule has 24 N–H and O–H groups in total. The van der Waals surface area contributed by atoms with E-state index in [9.17, 15) is 38.4 Å². The van der Waals surface area contributed by atoms with Crippen LogP contribution < -0.4 is 97.6 Å². The lowest BCUT2D eigenvalue weighted by Crippen LogP contribution is -2.40. The number of anilines is 4. The number of Topliss-reactive ketones (excluding diaryl/α,β-unsaturated/α-hetero) is 4. The normalized spacial score (nSPS) is 11.6. The van der Waals surface area contributed by atoms with Gasteiger partial charge in [0, 0.05) is 35.8 Å². The quantitative estimate of drug-likeness (QED) is 0.0117. The van der Waals surface area contributed by atoms with Crippen molar-refractivity contribution in [2.75, 3.05) is 76.3 Å². The van der Waals surface area contributed by atoms with E-state index in [0.29, 0.717) is 121 Å². The number of hydrogen-bond donors (Lipinski definition) is 14. The maximum absolute atomic E-state index is 12.3. The SMILES string of the molecule is COc1ccc(N)cc1C(=O)N[C@@H](CCN=C(N)N)C(C)=O.COc1ccc(NC(=O)[C@@H](N)CCCCN)cc1C(C)=O.COc1ccc(NC(=O)[C@@H](N)CCCN)cc1C(C)=O.COc1ccc(NC(=O)[C@H](N)CCCN=C(N)N)cc1C(C)=O. The summed E-state index contributed by atoms with van der Waals surface area (Å²) in [6.45, 7) is 7.45. The van der Waals surface area contributed by atoms with E-state index < -0.39 is 30.1 Å². The summed E-state index contributed by atoms with van der Waals surface area (Å²) in [6.07, 6.45) is 4.78. The highest BCUT2D eigenvalue weighted by atomic mass is 16.5. The molecule has 472 valence electrons. The molecule has 0 aromatic heterocycles. The van der Waals surface area contributed by atoms with Gasteiger partial charge in [-0.3, -0.25) is 48.3 Å². The molecule has 0 spiro atoms. The molecule has 0 fully saturated rings. The predicted molar refractivity (Wildman–Crippen MR) is 335 cm³/mol. The first-order valence-corrected chi connectivity index (χ1v) is 27.2. The Bertz CT molecular complexity index is 2950. The number of carbonyl (C=O) groups excluding carboxylic acids is 8. The molecule has 28 heteroatoms. The minimum absolute atomic E-state index is 0.0121. The van der Waals surface area contributed by atoms with Gasteiger partial charge in [-0.05, 0) is 159 Å². The molecule has 86 heavy (non-hydrogen) atoms. The fourth-order valence-corrected chi connectivity index (χ4v) is 7.49. The highest BCUT2D eigenvalue weighted by Gasteiger charge is 2.22. The number of guanidine groups is 2. The fourth-order valence-electron chi connectivity index (χ4n) is 7.49. The molecule has 0 aliphatic rings. The van der Waals surface area contributed by atoms with Crippen LogP contribution >= 0.6 is 0 Å². The maximum Gasteiger partial charge on any atom is 0.255 e. The molecule has 0 aliphatic carbocycles. The lowest BCUT2D eigenvalue weighted by molar-refractivity contribution is -0.119. The summed E-state index contributed by atoms with van der Waals surface area (Å²) >= 11 is 0. The molecule has 0 radical (unpaired) electrons. The van der Waals surface area contributed by atoms with Crippen LogP contribution in [0.4, 0.5) is 22.7 Å². The van der Waals surface area contributed by atoms with Gasteiger partial charge in [0.2, 0.25) is 17.7 Å². The molecule has 0 saturated carbocycles. The number of unbranched alkanes of at least 4 members (excludes halogenated alkanes) is 1. The number of nitrogen functional groups attached to an aromatic ring is 1. The maximum atomic E-state index is 12.3. The molecule has 28 nitrogen and oxygen atoms in total. The van der Waals surface area contributed by atoms with Crippen LogP contribution in [0.1, 0.15) is 120 Å². The van der Waals surface area contributed by atoms with Gasteiger partial charge >= 0.3 is 0 Å². The number of nitrogens with zero attached hydrogens (tertiary/aromatic N) is 2. The second-order valence-electron chi connectivity index (χ2n) is 19.1. The topological polar surface area (TPSA) is 507 Å². The average Bonchev–Trinajstić information content (AvgIpc) is 2.94. The Labute approximate surface area is 501 Å². The number of nitrogens with two attached hydrogens (primary N) is 10. The molecule has 4 amide bonds. The Hall–Kier alpha value is -9.22. The summed E-state index contributed by atoms with van der Waals surface area (Å²) in [5.41, 5.74) is 58.2. The summed E-state index contributed by atoms with van der Waals surface area (Å²) in [5.74, 6) is -0.231. The first kappa shape index (κ1) is 74.8. The second-order valence-corrected chi connectivity index (χ2v) is 19.1. The van der Waals surface area contributed by atoms with Crippen molar-refractivity contribution >= 4 is 81.4 Å². The van der Waals surface area contributed by atoms with E-state index in [-0.39, 0.29) is 64.9 Å². The Balaban J connectivity index is 0.000000574. The zero-order valence-electron chi connectivity index (χ0n) is 50.3. The van der Waals surface area contributed by atoms with Crippen LogP contribution in [0.3, 0.4) is 0 Å². The number of carbonyl (C=O) groups is 8. The van der Waals surface area contributed by atoms with Gasteiger partial charge in [0.05, 0.1) is 74.9 Å². The monoisotopic (exact) mass is 1200 g/mol. The molecular weight excluding hydrogens is 1110 g/mol. The van der Waals surface area contributed by atoms with E-state index >= 15 is 0 Å². The van der Waals surface area contributed by atoms with Crippen LogP contribution in [-0.4, -0.2) is 137 Å². The number of nitrogens with one attached hydrogen (secondary N) is 4. The Morgan fingerprint density at radius 1 is 0.453 bits per heavy atom. The minimum atomic E-state index is -0.693. The van der Waals surface area contributed by atoms with Crippen molar-refractivity contribution in [2.24, 2.45) is 61.6 Å². The summed E-state index contributed by atoms with van der Waals surface area (Å²) in [6, 6.07) is 16.7. The number of ketones is 4. The highest BCUT2D eigenvalue weighted by Crippen LogP contribution is 2.26. The fraction of sp³-hybridized carbons (Fsp3) is 0.414. The van der Waals surface area contributed by atoms with Crippen LogP contribution in [0, 0.1) is 0 Å². The molecule has 0 unspecified atom stereocenters. The molecule has 4 atom stereocenters. The molecule has 4 aromatic rings. The van der Waals surface area contributed by atoms with Gasteiger partial charge in [0.15, 0.2) is 35.1 Å². The van der Waals surface area contributed by atoms with Gasteiger partial charge in [0.1, 0.15) is 23.0 Å². The van der Waals surface area contributed by atoms with Gasteiger partial charge in [0.25, 0.3) is 5.91 Å². The van der Waals surface area contributed by atoms with Gasteiger partial charge in [-0.1, -0.05) is 6.42 Å². The van der Waals surface area contributed by atoms with Crippen molar-refractivity contribution in [1.29, 1.82) is 0 Å². The summed E-state index contributed by atoms with van der Waals surface area (Å²) in [5, 5.41) is 10.7. The second kappa shape index (κ2) is 40.1. The standard InChI is InChI=1S/C15H23N5O3.C15H23N3O3.C14H21N5O3.C14H21N3O3/c1-9(21)11-8-10(5-6-13(11)23-2)20-14(22)12(16)4-3-7-19-15(17)18;1-10(19)12-9-11(6-7-14(12)21-2)18-15(20)13(17)5-3-4-8-16;1-8(20)11(5-6-18-14(16)17)19-13(21)10-7-9(15)3-4-12(10)22-2;1-9(18)11-8-10(5-6-13(11)20-2)17-14(19)12(16)4-3-7-15/h5-6,8,12H,3-4,7,16H2,1-2H3,(H,20,22)(H4,17,18,19);6-7,9,13H,3-5,8,16-17H2,1-2H3,(H,18,20);3-4,7,11H,5-6,15H2,1-2H3,(H,19,21)(H4,16,17,18);5-6,8,12H,3-4,7,15-16H2,1-2H3,(H,17,19)/t12-;13-;11-;12-/m1000/s1. The van der Waals surface area contributed by atoms with Crippen molar-refractivity contribution in [1.82, 2.24) is 5.32 Å². The Kier molecular flexibility index (Phi) is 34.9. The van der Waals surface area contributed by atoms with Gasteiger partial charge in [-0.2, -0.15) is 0 Å². The minimum Gasteiger partial charge on any atom is -0.496 e. The molecule has 4 rings (SSSR count). The van der Waals surface area contributed by atoms with E-state index in [1.165, 1.54) is 62.2 Å². The Morgan fingerprint density at radius 2 is 0.802 bits per heavy atom. The van der Waals surface area contributed by atoms with Crippen molar-refractivity contribution in [2.45, 2.75) is 103 Å². The van der Waals surface area contributed by atoms with Crippen LogP contribution in [0.5, 0.6) is 23.0 Å². The number of hydrogen-bond acceptors (Lipinski definition) is 20. The van der Waals surface area contributed by atoms with Crippen molar-refractivity contribution < 1.29 is 57.3 Å².